The molecule has 24 heavy (non-hydrogen) atoms. The summed E-state index contributed by atoms with van der Waals surface area (Å²) < 4.78 is 10.4. The van der Waals surface area contributed by atoms with Gasteiger partial charge in [0.05, 0.1) is 13.0 Å². The molecule has 0 unspecified atom stereocenters. The maximum absolute atomic E-state index is 12.2. The smallest absolute Gasteiger partial charge is 0.309 e. The Kier molecular flexibility index (Phi) is 6.28. The second-order valence-electron chi connectivity index (χ2n) is 6.13. The van der Waals surface area contributed by atoms with E-state index in [2.05, 4.69) is 5.32 Å². The van der Waals surface area contributed by atoms with E-state index in [1.807, 2.05) is 0 Å². The van der Waals surface area contributed by atoms with Gasteiger partial charge in [-0.2, -0.15) is 0 Å². The standard InChI is InChI=1S/C17H25N3O4/c1-23-15-8-12(4-7-14(15)21)10-24-16(22)13-5-2-11(3-6-13)9-20-17(18)19/h4,7-8,11,13,21H,2-3,5-6,9-10H2,1H3,(H4,18,19,20). The quantitative estimate of drug-likeness (QED) is 0.357. The van der Waals surface area contributed by atoms with Gasteiger partial charge in [-0.15, -0.1) is 0 Å². The summed E-state index contributed by atoms with van der Waals surface area (Å²) in [6.45, 7) is 0.853. The maximum atomic E-state index is 12.2. The molecule has 1 saturated carbocycles. The van der Waals surface area contributed by atoms with Gasteiger partial charge in [0.15, 0.2) is 17.5 Å². The van der Waals surface area contributed by atoms with Crippen molar-refractivity contribution in [1.82, 2.24) is 5.32 Å². The largest absolute Gasteiger partial charge is 0.504 e. The first-order valence-electron chi connectivity index (χ1n) is 8.10. The number of esters is 1. The van der Waals surface area contributed by atoms with Gasteiger partial charge in [-0.3, -0.25) is 10.2 Å². The molecule has 0 aromatic heterocycles. The third-order valence-electron chi connectivity index (χ3n) is 4.39. The predicted molar refractivity (Wildman–Crippen MR) is 89.8 cm³/mol. The van der Waals surface area contributed by atoms with Gasteiger partial charge in [0.25, 0.3) is 0 Å². The first-order chi connectivity index (χ1) is 11.5. The highest BCUT2D eigenvalue weighted by molar-refractivity contribution is 5.74. The lowest BCUT2D eigenvalue weighted by atomic mass is 9.82. The molecule has 1 aliphatic rings. The summed E-state index contributed by atoms with van der Waals surface area (Å²) in [6.07, 6.45) is 3.43. The summed E-state index contributed by atoms with van der Waals surface area (Å²) in [5.41, 5.74) is 6.06. The average molecular weight is 335 g/mol. The lowest BCUT2D eigenvalue weighted by Crippen LogP contribution is -2.36. The van der Waals surface area contributed by atoms with E-state index in [-0.39, 0.29) is 30.2 Å². The van der Waals surface area contributed by atoms with Crippen LogP contribution in [-0.4, -0.2) is 30.7 Å². The number of carbonyl (C=O) groups excluding carboxylic acids is 1. The average Bonchev–Trinajstić information content (AvgIpc) is 2.59. The fraction of sp³-hybridized carbons (Fsp3) is 0.529. The van der Waals surface area contributed by atoms with Crippen LogP contribution in [0, 0.1) is 17.2 Å². The molecule has 5 N–H and O–H groups in total. The van der Waals surface area contributed by atoms with Crippen LogP contribution in [0.2, 0.25) is 0 Å². The molecule has 132 valence electrons. The number of benzene rings is 1. The van der Waals surface area contributed by atoms with Crippen molar-refractivity contribution in [2.24, 2.45) is 17.6 Å². The molecule has 2 rings (SSSR count). The number of methoxy groups -OCH3 is 1. The molecule has 1 aromatic carbocycles. The molecule has 7 nitrogen and oxygen atoms in total. The number of carbonyl (C=O) groups is 1. The highest BCUT2D eigenvalue weighted by atomic mass is 16.5. The Bertz CT molecular complexity index is 583. The van der Waals surface area contributed by atoms with Crippen LogP contribution in [0.4, 0.5) is 0 Å². The van der Waals surface area contributed by atoms with Crippen LogP contribution in [0.15, 0.2) is 18.2 Å². The van der Waals surface area contributed by atoms with Crippen molar-refractivity contribution in [3.05, 3.63) is 23.8 Å². The van der Waals surface area contributed by atoms with Crippen molar-refractivity contribution in [3.8, 4) is 11.5 Å². The van der Waals surface area contributed by atoms with Crippen molar-refractivity contribution >= 4 is 11.9 Å². The lowest BCUT2D eigenvalue weighted by Gasteiger charge is -2.27. The normalized spacial score (nSPS) is 20.2. The van der Waals surface area contributed by atoms with Crippen molar-refractivity contribution in [2.75, 3.05) is 13.7 Å². The monoisotopic (exact) mass is 335 g/mol. The third kappa shape index (κ3) is 5.04. The van der Waals surface area contributed by atoms with Crippen molar-refractivity contribution in [1.29, 1.82) is 5.41 Å². The van der Waals surface area contributed by atoms with Gasteiger partial charge in [0.1, 0.15) is 6.61 Å². The van der Waals surface area contributed by atoms with E-state index in [4.69, 9.17) is 20.6 Å². The molecule has 0 aliphatic heterocycles. The van der Waals surface area contributed by atoms with E-state index in [9.17, 15) is 9.90 Å². The van der Waals surface area contributed by atoms with Gasteiger partial charge >= 0.3 is 5.97 Å². The molecule has 1 aliphatic carbocycles. The molecule has 0 heterocycles. The topological polar surface area (TPSA) is 118 Å². The van der Waals surface area contributed by atoms with Crippen LogP contribution < -0.4 is 15.8 Å². The molecule has 0 bridgehead atoms. The van der Waals surface area contributed by atoms with Gasteiger partial charge in [-0.1, -0.05) is 6.07 Å². The van der Waals surface area contributed by atoms with E-state index in [0.29, 0.717) is 18.2 Å². The van der Waals surface area contributed by atoms with Gasteiger partial charge < -0.3 is 25.6 Å². The Morgan fingerprint density at radius 2 is 2.08 bits per heavy atom. The number of phenolic OH excluding ortho intramolecular Hbond substituents is 1. The SMILES string of the molecule is COc1cc(COC(=O)C2CCC(CNC(=N)N)CC2)ccc1O. The van der Waals surface area contributed by atoms with Gasteiger partial charge in [0, 0.05) is 6.54 Å². The molecule has 0 radical (unpaired) electrons. The van der Waals surface area contributed by atoms with Crippen LogP contribution >= 0.6 is 0 Å². The Morgan fingerprint density at radius 3 is 2.71 bits per heavy atom. The zero-order valence-electron chi connectivity index (χ0n) is 13.9. The maximum Gasteiger partial charge on any atom is 0.309 e. The Hall–Kier alpha value is -2.44. The van der Waals surface area contributed by atoms with E-state index >= 15 is 0 Å². The van der Waals surface area contributed by atoms with Crippen molar-refractivity contribution < 1.29 is 19.4 Å². The minimum absolute atomic E-state index is 0.0131. The number of rotatable bonds is 6. The second kappa shape index (κ2) is 8.42. The van der Waals surface area contributed by atoms with Gasteiger partial charge in [-0.05, 0) is 49.3 Å². The molecule has 0 spiro atoms. The minimum Gasteiger partial charge on any atom is -0.504 e. The molecular weight excluding hydrogens is 310 g/mol. The van der Waals surface area contributed by atoms with Gasteiger partial charge in [-0.25, -0.2) is 0 Å². The first kappa shape index (κ1) is 17.9. The minimum atomic E-state index is -0.181. The fourth-order valence-electron chi connectivity index (χ4n) is 2.94. The van der Waals surface area contributed by atoms with E-state index < -0.39 is 0 Å². The number of nitrogens with one attached hydrogen (secondary N) is 2. The van der Waals surface area contributed by atoms with Crippen LogP contribution in [0.1, 0.15) is 31.2 Å². The van der Waals surface area contributed by atoms with Crippen LogP contribution in [0.5, 0.6) is 11.5 Å². The Balaban J connectivity index is 1.76. The van der Waals surface area contributed by atoms with Crippen molar-refractivity contribution in [2.45, 2.75) is 32.3 Å². The molecule has 7 heteroatoms. The van der Waals surface area contributed by atoms with Crippen LogP contribution in [0.3, 0.4) is 0 Å². The molecule has 1 fully saturated rings. The predicted octanol–water partition coefficient (Wildman–Crippen LogP) is 1.73. The zero-order valence-corrected chi connectivity index (χ0v) is 13.9. The number of nitrogens with two attached hydrogens (primary N) is 1. The third-order valence-corrected chi connectivity index (χ3v) is 4.39. The number of ether oxygens (including phenoxy) is 2. The highest BCUT2D eigenvalue weighted by Crippen LogP contribution is 2.30. The second-order valence-corrected chi connectivity index (χ2v) is 6.13. The number of hydrogen-bond acceptors (Lipinski definition) is 5. The van der Waals surface area contributed by atoms with Gasteiger partial charge in [0.2, 0.25) is 0 Å². The summed E-state index contributed by atoms with van der Waals surface area (Å²) in [5, 5.41) is 19.6. The summed E-state index contributed by atoms with van der Waals surface area (Å²) in [4.78, 5) is 12.2. The fourth-order valence-corrected chi connectivity index (χ4v) is 2.94. The number of aromatic hydroxyl groups is 1. The van der Waals surface area contributed by atoms with Crippen LogP contribution in [0.25, 0.3) is 0 Å². The summed E-state index contributed by atoms with van der Waals surface area (Å²) >= 11 is 0. The highest BCUT2D eigenvalue weighted by Gasteiger charge is 2.27. The molecule has 1 aromatic rings. The van der Waals surface area contributed by atoms with Crippen molar-refractivity contribution in [3.63, 3.8) is 0 Å². The molecule has 0 saturated heterocycles. The zero-order chi connectivity index (χ0) is 17.5. The Labute approximate surface area is 141 Å². The van der Waals surface area contributed by atoms with E-state index in [1.54, 1.807) is 12.1 Å². The number of phenols is 1. The molecular formula is C17H25N3O4. The summed E-state index contributed by atoms with van der Waals surface area (Å²) in [6, 6.07) is 4.89. The Morgan fingerprint density at radius 1 is 1.38 bits per heavy atom. The first-order valence-corrected chi connectivity index (χ1v) is 8.10. The summed E-state index contributed by atoms with van der Waals surface area (Å²) in [7, 11) is 1.48. The van der Waals surface area contributed by atoms with E-state index in [0.717, 1.165) is 31.2 Å². The molecule has 0 atom stereocenters. The number of guanidine groups is 1. The number of hydrogen-bond donors (Lipinski definition) is 4. The summed E-state index contributed by atoms with van der Waals surface area (Å²) in [5.74, 6) is 0.602. The lowest BCUT2D eigenvalue weighted by molar-refractivity contribution is -0.151. The molecule has 0 amide bonds. The van der Waals surface area contributed by atoms with Crippen LogP contribution in [-0.2, 0) is 16.1 Å². The van der Waals surface area contributed by atoms with E-state index in [1.165, 1.54) is 13.2 Å².